The molecule has 118 valence electrons. The Labute approximate surface area is 126 Å². The van der Waals surface area contributed by atoms with E-state index < -0.39 is 0 Å². The minimum absolute atomic E-state index is 0.0167. The zero-order chi connectivity index (χ0) is 15.3. The van der Waals surface area contributed by atoms with Crippen LogP contribution in [0.5, 0.6) is 0 Å². The third-order valence-corrected chi connectivity index (χ3v) is 5.79. The van der Waals surface area contributed by atoms with Gasteiger partial charge in [0.15, 0.2) is 0 Å². The maximum atomic E-state index is 12.3. The van der Waals surface area contributed by atoms with Gasteiger partial charge in [0.2, 0.25) is 0 Å². The molecule has 0 aromatic carbocycles. The van der Waals surface area contributed by atoms with Crippen LogP contribution in [0.3, 0.4) is 0 Å². The Morgan fingerprint density at radius 1 is 1.14 bits per heavy atom. The predicted octanol–water partition coefficient (Wildman–Crippen LogP) is 2.95. The highest BCUT2D eigenvalue weighted by Crippen LogP contribution is 2.65. The van der Waals surface area contributed by atoms with Crippen LogP contribution in [-0.2, 0) is 19.1 Å². The summed E-state index contributed by atoms with van der Waals surface area (Å²) in [4.78, 5) is 24.1. The molecule has 4 aliphatic carbocycles. The van der Waals surface area contributed by atoms with Crippen LogP contribution in [0, 0.1) is 28.6 Å². The second-order valence-corrected chi connectivity index (χ2v) is 8.00. The third-order valence-electron chi connectivity index (χ3n) is 5.79. The van der Waals surface area contributed by atoms with E-state index in [0.29, 0.717) is 18.4 Å². The molecule has 0 heterocycles. The molecule has 4 rings (SSSR count). The molecule has 0 spiro atoms. The van der Waals surface area contributed by atoms with Crippen LogP contribution in [0.15, 0.2) is 0 Å². The number of rotatable bonds is 4. The van der Waals surface area contributed by atoms with E-state index in [9.17, 15) is 9.59 Å². The Bertz CT molecular complexity index is 440. The minimum Gasteiger partial charge on any atom is -0.469 e. The van der Waals surface area contributed by atoms with E-state index in [1.165, 1.54) is 13.5 Å². The Balaban J connectivity index is 1.77. The summed E-state index contributed by atoms with van der Waals surface area (Å²) in [5.41, 5.74) is -0.286. The van der Waals surface area contributed by atoms with Gasteiger partial charge in [0.1, 0.15) is 0 Å². The first-order valence-corrected chi connectivity index (χ1v) is 8.13. The van der Waals surface area contributed by atoms with E-state index in [4.69, 9.17) is 9.47 Å². The van der Waals surface area contributed by atoms with E-state index in [1.54, 1.807) is 0 Å². The van der Waals surface area contributed by atoms with Crippen molar-refractivity contribution in [1.82, 2.24) is 0 Å². The maximum absolute atomic E-state index is 12.3. The Morgan fingerprint density at radius 2 is 1.76 bits per heavy atom. The summed E-state index contributed by atoms with van der Waals surface area (Å²) in [7, 11) is 1.49. The van der Waals surface area contributed by atoms with E-state index in [0.717, 1.165) is 32.1 Å². The number of methoxy groups -OCH3 is 1. The van der Waals surface area contributed by atoms with E-state index >= 15 is 0 Å². The van der Waals surface area contributed by atoms with Crippen molar-refractivity contribution in [3.8, 4) is 0 Å². The van der Waals surface area contributed by atoms with Gasteiger partial charge in [-0.3, -0.25) is 9.59 Å². The zero-order valence-electron chi connectivity index (χ0n) is 13.3. The summed E-state index contributed by atoms with van der Waals surface area (Å²) in [6, 6.07) is 0. The summed E-state index contributed by atoms with van der Waals surface area (Å²) in [5, 5.41) is 0. The molecule has 0 saturated heterocycles. The molecule has 2 unspecified atom stereocenters. The molecule has 2 atom stereocenters. The van der Waals surface area contributed by atoms with Crippen molar-refractivity contribution in [2.24, 2.45) is 28.6 Å². The highest BCUT2D eigenvalue weighted by Gasteiger charge is 2.61. The second kappa shape index (κ2) is 4.99. The summed E-state index contributed by atoms with van der Waals surface area (Å²) < 4.78 is 10.7. The highest BCUT2D eigenvalue weighted by molar-refractivity contribution is 5.77. The van der Waals surface area contributed by atoms with Crippen molar-refractivity contribution in [1.29, 1.82) is 0 Å². The normalized spacial score (nSPS) is 40.4. The molecule has 4 nitrogen and oxygen atoms in total. The average molecular weight is 294 g/mol. The van der Waals surface area contributed by atoms with Crippen LogP contribution in [0.1, 0.15) is 52.4 Å². The van der Waals surface area contributed by atoms with Gasteiger partial charge in [0, 0.05) is 5.41 Å². The van der Waals surface area contributed by atoms with Gasteiger partial charge < -0.3 is 9.47 Å². The van der Waals surface area contributed by atoms with Gasteiger partial charge in [-0.25, -0.2) is 0 Å². The van der Waals surface area contributed by atoms with Crippen molar-refractivity contribution >= 4 is 11.9 Å². The monoisotopic (exact) mass is 294 g/mol. The first-order chi connectivity index (χ1) is 9.88. The number of esters is 2. The second-order valence-electron chi connectivity index (χ2n) is 8.00. The Hall–Kier alpha value is -1.06. The lowest BCUT2D eigenvalue weighted by molar-refractivity contribution is -0.187. The predicted molar refractivity (Wildman–Crippen MR) is 77.4 cm³/mol. The SMILES string of the molecule is COC(=O)C12CC3CC(CC(COC(=O)C(C)C)(C3)C1)C2. The fraction of sp³-hybridized carbons (Fsp3) is 0.882. The Morgan fingerprint density at radius 3 is 2.29 bits per heavy atom. The summed E-state index contributed by atoms with van der Waals surface area (Å²) in [5.74, 6) is 0.939. The molecule has 4 fully saturated rings. The number of ether oxygens (including phenoxy) is 2. The van der Waals surface area contributed by atoms with E-state index in [1.807, 2.05) is 13.8 Å². The zero-order valence-corrected chi connectivity index (χ0v) is 13.3. The lowest BCUT2D eigenvalue weighted by Gasteiger charge is -2.60. The van der Waals surface area contributed by atoms with Crippen molar-refractivity contribution in [2.75, 3.05) is 13.7 Å². The van der Waals surface area contributed by atoms with Crippen LogP contribution >= 0.6 is 0 Å². The molecule has 4 aliphatic rings. The molecular formula is C17H26O4. The molecule has 0 aromatic heterocycles. The smallest absolute Gasteiger partial charge is 0.311 e. The molecule has 0 radical (unpaired) electrons. The van der Waals surface area contributed by atoms with E-state index in [2.05, 4.69) is 0 Å². The van der Waals surface area contributed by atoms with Crippen LogP contribution in [0.2, 0.25) is 0 Å². The molecule has 0 amide bonds. The number of carbonyl (C=O) groups is 2. The van der Waals surface area contributed by atoms with Gasteiger partial charge in [0.25, 0.3) is 0 Å². The van der Waals surface area contributed by atoms with Crippen molar-refractivity contribution in [3.05, 3.63) is 0 Å². The van der Waals surface area contributed by atoms with Crippen LogP contribution < -0.4 is 0 Å². The van der Waals surface area contributed by atoms with Gasteiger partial charge >= 0.3 is 11.9 Å². The largest absolute Gasteiger partial charge is 0.469 e. The molecule has 0 aliphatic heterocycles. The summed E-state index contributed by atoms with van der Waals surface area (Å²) in [6.45, 7) is 4.20. The summed E-state index contributed by atoms with van der Waals surface area (Å²) >= 11 is 0. The van der Waals surface area contributed by atoms with Crippen molar-refractivity contribution in [3.63, 3.8) is 0 Å². The van der Waals surface area contributed by atoms with Gasteiger partial charge in [-0.15, -0.1) is 0 Å². The lowest BCUT2D eigenvalue weighted by atomic mass is 9.44. The molecule has 0 aromatic rings. The molecule has 21 heavy (non-hydrogen) atoms. The average Bonchev–Trinajstić information content (AvgIpc) is 2.42. The minimum atomic E-state index is -0.303. The molecule has 0 N–H and O–H groups in total. The standard InChI is InChI=1S/C17H26O4/c1-11(2)14(18)21-10-16-5-12-4-13(6-16)8-17(7-12,9-16)15(19)20-3/h11-13H,4-10H2,1-3H3. The summed E-state index contributed by atoms with van der Waals surface area (Å²) in [6.07, 6.45) is 6.22. The molecule has 4 heteroatoms. The third kappa shape index (κ3) is 2.47. The van der Waals surface area contributed by atoms with Crippen LogP contribution in [0.4, 0.5) is 0 Å². The first-order valence-electron chi connectivity index (χ1n) is 8.13. The molecule has 4 bridgehead atoms. The number of hydrogen-bond donors (Lipinski definition) is 0. The topological polar surface area (TPSA) is 52.6 Å². The molecule has 4 saturated carbocycles. The van der Waals surface area contributed by atoms with Gasteiger partial charge in [-0.2, -0.15) is 0 Å². The first kappa shape index (κ1) is 14.9. The number of carbonyl (C=O) groups excluding carboxylic acids is 2. The van der Waals surface area contributed by atoms with Gasteiger partial charge in [-0.1, -0.05) is 13.8 Å². The quantitative estimate of drug-likeness (QED) is 0.748. The van der Waals surface area contributed by atoms with Gasteiger partial charge in [0.05, 0.1) is 25.0 Å². The van der Waals surface area contributed by atoms with E-state index in [-0.39, 0.29) is 28.7 Å². The fourth-order valence-electron chi connectivity index (χ4n) is 5.47. The fourth-order valence-corrected chi connectivity index (χ4v) is 5.47. The van der Waals surface area contributed by atoms with Gasteiger partial charge in [-0.05, 0) is 50.4 Å². The number of hydrogen-bond acceptors (Lipinski definition) is 4. The van der Waals surface area contributed by atoms with Crippen LogP contribution in [-0.4, -0.2) is 25.7 Å². The molecular weight excluding hydrogens is 268 g/mol. The van der Waals surface area contributed by atoms with Crippen molar-refractivity contribution in [2.45, 2.75) is 52.4 Å². The Kier molecular flexibility index (Phi) is 3.53. The lowest BCUT2D eigenvalue weighted by Crippen LogP contribution is -2.56. The highest BCUT2D eigenvalue weighted by atomic mass is 16.5. The van der Waals surface area contributed by atoms with Crippen molar-refractivity contribution < 1.29 is 19.1 Å². The van der Waals surface area contributed by atoms with Crippen LogP contribution in [0.25, 0.3) is 0 Å². The maximum Gasteiger partial charge on any atom is 0.311 e.